The highest BCUT2D eigenvalue weighted by Gasteiger charge is 2.11. The number of hydrogen-bond acceptors (Lipinski definition) is 7. The average molecular weight is 387 g/mol. The first-order valence-corrected chi connectivity index (χ1v) is 8.61. The van der Waals surface area contributed by atoms with Crippen LogP contribution >= 0.6 is 23.6 Å². The van der Waals surface area contributed by atoms with Crippen molar-refractivity contribution in [2.45, 2.75) is 6.92 Å². The first kappa shape index (κ1) is 17.7. The Morgan fingerprint density at radius 2 is 2.12 bits per heavy atom. The molecule has 2 aromatic carbocycles. The Kier molecular flexibility index (Phi) is 5.05. The van der Waals surface area contributed by atoms with Gasteiger partial charge in [0.2, 0.25) is 0 Å². The highest BCUT2D eigenvalue weighted by molar-refractivity contribution is 7.80. The molecule has 1 heterocycles. The number of fused-ring (bicyclic) bond motifs is 1. The van der Waals surface area contributed by atoms with Crippen molar-refractivity contribution in [1.29, 1.82) is 0 Å². The maximum atomic E-state index is 10.8. The number of aromatic nitrogens is 1. The zero-order valence-corrected chi connectivity index (χ0v) is 15.1. The molecule has 0 saturated carbocycles. The number of benzene rings is 2. The first-order chi connectivity index (χ1) is 12.4. The molecule has 0 unspecified atom stereocenters. The predicted molar refractivity (Wildman–Crippen MR) is 106 cm³/mol. The van der Waals surface area contributed by atoms with E-state index in [9.17, 15) is 15.2 Å². The summed E-state index contributed by atoms with van der Waals surface area (Å²) in [7, 11) is 0. The van der Waals surface area contributed by atoms with Gasteiger partial charge in [-0.05, 0) is 37.3 Å². The number of anilines is 1. The van der Waals surface area contributed by atoms with Crippen molar-refractivity contribution in [3.63, 3.8) is 0 Å². The van der Waals surface area contributed by atoms with Crippen molar-refractivity contribution in [1.82, 2.24) is 10.4 Å². The molecule has 8 nitrogen and oxygen atoms in total. The van der Waals surface area contributed by atoms with Crippen LogP contribution in [0.4, 0.5) is 10.8 Å². The van der Waals surface area contributed by atoms with Crippen LogP contribution in [0.15, 0.2) is 47.6 Å². The van der Waals surface area contributed by atoms with Gasteiger partial charge in [0.15, 0.2) is 10.2 Å². The van der Waals surface area contributed by atoms with E-state index in [2.05, 4.69) is 20.8 Å². The second-order valence-corrected chi connectivity index (χ2v) is 6.65. The van der Waals surface area contributed by atoms with E-state index >= 15 is 0 Å². The van der Waals surface area contributed by atoms with Gasteiger partial charge in [0.05, 0.1) is 20.9 Å². The molecule has 0 spiro atoms. The van der Waals surface area contributed by atoms with E-state index < -0.39 is 4.92 Å². The van der Waals surface area contributed by atoms with Crippen molar-refractivity contribution in [2.24, 2.45) is 5.10 Å². The minimum absolute atomic E-state index is 0.0105. The van der Waals surface area contributed by atoms with E-state index in [0.717, 1.165) is 0 Å². The lowest BCUT2D eigenvalue weighted by Crippen LogP contribution is -2.24. The fourth-order valence-corrected chi connectivity index (χ4v) is 3.29. The highest BCUT2D eigenvalue weighted by Crippen LogP contribution is 2.29. The lowest BCUT2D eigenvalue weighted by atomic mass is 10.1. The number of rotatable bonds is 4. The van der Waals surface area contributed by atoms with Crippen LogP contribution in [0.2, 0.25) is 0 Å². The second-order valence-electron chi connectivity index (χ2n) is 5.21. The summed E-state index contributed by atoms with van der Waals surface area (Å²) >= 11 is 6.42. The molecule has 0 saturated heterocycles. The molecule has 0 aliphatic carbocycles. The Hall–Kier alpha value is -3.11. The topological polar surface area (TPSA) is 113 Å². The van der Waals surface area contributed by atoms with Gasteiger partial charge in [-0.3, -0.25) is 15.5 Å². The molecule has 0 amide bonds. The molecule has 26 heavy (non-hydrogen) atoms. The van der Waals surface area contributed by atoms with Gasteiger partial charge in [-0.25, -0.2) is 4.98 Å². The lowest BCUT2D eigenvalue weighted by molar-refractivity contribution is -0.384. The third-order valence-electron chi connectivity index (χ3n) is 3.42. The SMILES string of the molecule is C/C(=N\NC(=S)Nc1nc2ccc([N+](=O)[O-])cc2s1)c1ccccc1O. The number of phenolic OH excluding ortho intramolecular Hbond substituents is 1. The first-order valence-electron chi connectivity index (χ1n) is 7.38. The van der Waals surface area contributed by atoms with E-state index in [1.165, 1.54) is 23.5 Å². The molecule has 3 aromatic rings. The lowest BCUT2D eigenvalue weighted by Gasteiger charge is -2.06. The van der Waals surface area contributed by atoms with Crippen LogP contribution in [0.5, 0.6) is 5.75 Å². The fourth-order valence-electron chi connectivity index (χ4n) is 2.18. The molecule has 0 atom stereocenters. The van der Waals surface area contributed by atoms with E-state index in [4.69, 9.17) is 12.2 Å². The molecule has 0 aliphatic heterocycles. The summed E-state index contributed by atoms with van der Waals surface area (Å²) in [6.07, 6.45) is 0. The minimum atomic E-state index is -0.449. The van der Waals surface area contributed by atoms with Crippen LogP contribution in [0.3, 0.4) is 0 Å². The third-order valence-corrected chi connectivity index (χ3v) is 4.55. The number of hydrogen-bond donors (Lipinski definition) is 3. The van der Waals surface area contributed by atoms with Gasteiger partial charge in [0, 0.05) is 17.7 Å². The maximum absolute atomic E-state index is 10.8. The van der Waals surface area contributed by atoms with Crippen LogP contribution < -0.4 is 10.7 Å². The monoisotopic (exact) mass is 387 g/mol. The summed E-state index contributed by atoms with van der Waals surface area (Å²) < 4.78 is 0.679. The minimum Gasteiger partial charge on any atom is -0.507 e. The number of thiazole rings is 1. The van der Waals surface area contributed by atoms with Crippen molar-refractivity contribution in [3.8, 4) is 5.75 Å². The van der Waals surface area contributed by atoms with E-state index in [0.29, 0.717) is 26.6 Å². The van der Waals surface area contributed by atoms with Gasteiger partial charge < -0.3 is 10.4 Å². The highest BCUT2D eigenvalue weighted by atomic mass is 32.1. The molecule has 0 aliphatic rings. The van der Waals surface area contributed by atoms with Gasteiger partial charge in [0.1, 0.15) is 5.75 Å². The smallest absolute Gasteiger partial charge is 0.270 e. The van der Waals surface area contributed by atoms with Crippen LogP contribution in [0, 0.1) is 10.1 Å². The summed E-state index contributed by atoms with van der Waals surface area (Å²) in [6.45, 7) is 1.74. The second kappa shape index (κ2) is 7.42. The number of para-hydroxylation sites is 1. The molecule has 0 fully saturated rings. The summed E-state index contributed by atoms with van der Waals surface area (Å²) in [5, 5.41) is 28.4. The van der Waals surface area contributed by atoms with E-state index in [1.807, 2.05) is 0 Å². The van der Waals surface area contributed by atoms with Gasteiger partial charge in [0.25, 0.3) is 5.69 Å². The molecule has 0 bridgehead atoms. The Morgan fingerprint density at radius 3 is 2.85 bits per heavy atom. The van der Waals surface area contributed by atoms with Crippen LogP contribution in [0.1, 0.15) is 12.5 Å². The van der Waals surface area contributed by atoms with Gasteiger partial charge in [-0.2, -0.15) is 5.10 Å². The standard InChI is InChI=1S/C16H13N5O3S2/c1-9(11-4-2-3-5-13(11)22)19-20-15(25)18-16-17-12-7-6-10(21(23)24)8-14(12)26-16/h2-8,22H,1H3,(H2,17,18,20,25)/b19-9+. The Labute approximate surface area is 157 Å². The predicted octanol–water partition coefficient (Wildman–Crippen LogP) is 3.62. The van der Waals surface area contributed by atoms with Crippen LogP contribution in [-0.2, 0) is 0 Å². The molecular weight excluding hydrogens is 374 g/mol. The average Bonchev–Trinajstić information content (AvgIpc) is 3.01. The molecule has 3 N–H and O–H groups in total. The quantitative estimate of drug-likeness (QED) is 0.271. The molecule has 0 radical (unpaired) electrons. The van der Waals surface area contributed by atoms with Crippen LogP contribution in [-0.4, -0.2) is 25.8 Å². The number of aromatic hydroxyl groups is 1. The van der Waals surface area contributed by atoms with E-state index in [-0.39, 0.29) is 16.5 Å². The van der Waals surface area contributed by atoms with Gasteiger partial charge >= 0.3 is 0 Å². The Bertz CT molecular complexity index is 1030. The maximum Gasteiger partial charge on any atom is 0.270 e. The molecular formula is C16H13N5O3S2. The number of nitro benzene ring substituents is 1. The Balaban J connectivity index is 1.70. The number of thiocarbonyl (C=S) groups is 1. The number of phenols is 1. The summed E-state index contributed by atoms with van der Waals surface area (Å²) in [5.41, 5.74) is 4.49. The third kappa shape index (κ3) is 3.92. The van der Waals surface area contributed by atoms with Crippen LogP contribution in [0.25, 0.3) is 10.2 Å². The van der Waals surface area contributed by atoms with Crippen molar-refractivity contribution in [2.75, 3.05) is 5.32 Å². The molecule has 10 heteroatoms. The van der Waals surface area contributed by atoms with Gasteiger partial charge in [-0.1, -0.05) is 23.5 Å². The van der Waals surface area contributed by atoms with Gasteiger partial charge in [-0.15, -0.1) is 0 Å². The van der Waals surface area contributed by atoms with E-state index in [1.54, 1.807) is 37.3 Å². The van der Waals surface area contributed by atoms with Crippen molar-refractivity contribution < 1.29 is 10.0 Å². The summed E-state index contributed by atoms with van der Waals surface area (Å²) in [5.74, 6) is 0.127. The number of nitro groups is 1. The zero-order valence-electron chi connectivity index (χ0n) is 13.5. The molecule has 132 valence electrons. The van der Waals surface area contributed by atoms with Crippen molar-refractivity contribution in [3.05, 3.63) is 58.1 Å². The summed E-state index contributed by atoms with van der Waals surface area (Å²) in [6, 6.07) is 11.3. The number of nitrogens with one attached hydrogen (secondary N) is 2. The Morgan fingerprint density at radius 1 is 1.35 bits per heavy atom. The molecule has 1 aromatic heterocycles. The number of hydrazone groups is 1. The largest absolute Gasteiger partial charge is 0.507 e. The normalized spacial score (nSPS) is 11.3. The zero-order chi connectivity index (χ0) is 18.7. The fraction of sp³-hybridized carbons (Fsp3) is 0.0625. The number of nitrogens with zero attached hydrogens (tertiary/aromatic N) is 3. The molecule has 3 rings (SSSR count). The number of non-ortho nitro benzene ring substituents is 1. The summed E-state index contributed by atoms with van der Waals surface area (Å²) in [4.78, 5) is 14.7. The van der Waals surface area contributed by atoms with Crippen molar-refractivity contribution >= 4 is 55.4 Å².